The molecular weight excluding hydrogens is 220 g/mol. The van der Waals surface area contributed by atoms with Crippen molar-refractivity contribution < 1.29 is 4.79 Å². The molecule has 94 valence electrons. The molecule has 0 aliphatic carbocycles. The molecule has 1 saturated heterocycles. The van der Waals surface area contributed by atoms with Crippen molar-refractivity contribution in [3.8, 4) is 0 Å². The van der Waals surface area contributed by atoms with Crippen LogP contribution in [0.1, 0.15) is 38.5 Å². The highest BCUT2D eigenvalue weighted by Crippen LogP contribution is 2.12. The Hall–Kier alpha value is -0.220. The molecule has 16 heavy (non-hydrogen) atoms. The van der Waals surface area contributed by atoms with Crippen LogP contribution in [-0.2, 0) is 4.79 Å². The summed E-state index contributed by atoms with van der Waals surface area (Å²) >= 11 is 1.91. The van der Waals surface area contributed by atoms with E-state index in [0.717, 1.165) is 32.4 Å². The molecule has 1 aliphatic heterocycles. The topological polar surface area (TPSA) is 46.3 Å². The van der Waals surface area contributed by atoms with Gasteiger partial charge in [0.1, 0.15) is 0 Å². The molecule has 0 spiro atoms. The van der Waals surface area contributed by atoms with Crippen molar-refractivity contribution in [3.05, 3.63) is 0 Å². The molecule has 1 fully saturated rings. The molecule has 1 unspecified atom stereocenters. The lowest BCUT2D eigenvalue weighted by Gasteiger charge is -2.30. The van der Waals surface area contributed by atoms with Gasteiger partial charge in [-0.3, -0.25) is 4.79 Å². The third kappa shape index (κ3) is 4.74. The average molecular weight is 244 g/mol. The van der Waals surface area contributed by atoms with E-state index in [1.165, 1.54) is 25.0 Å². The predicted octanol–water partition coefficient (Wildman–Crippen LogP) is 1.86. The summed E-state index contributed by atoms with van der Waals surface area (Å²) in [5.74, 6) is 1.42. The molecule has 3 nitrogen and oxygen atoms in total. The summed E-state index contributed by atoms with van der Waals surface area (Å²) < 4.78 is 0. The lowest BCUT2D eigenvalue weighted by Crippen LogP contribution is -2.48. The molecule has 0 bridgehead atoms. The van der Waals surface area contributed by atoms with Gasteiger partial charge in [-0.25, -0.2) is 0 Å². The first-order valence-electron chi connectivity index (χ1n) is 6.29. The van der Waals surface area contributed by atoms with Crippen LogP contribution in [0.3, 0.4) is 0 Å². The van der Waals surface area contributed by atoms with E-state index in [1.54, 1.807) is 0 Å². The number of piperidine rings is 1. The number of likely N-dealkylation sites (tertiary alicyclic amines) is 1. The fourth-order valence-electron chi connectivity index (χ4n) is 2.09. The van der Waals surface area contributed by atoms with E-state index in [9.17, 15) is 4.79 Å². The molecule has 0 saturated carbocycles. The third-order valence-corrected chi connectivity index (χ3v) is 3.80. The van der Waals surface area contributed by atoms with Gasteiger partial charge >= 0.3 is 0 Å². The second-order valence-corrected chi connectivity index (χ2v) is 5.47. The van der Waals surface area contributed by atoms with Crippen LogP contribution >= 0.6 is 11.8 Å². The normalized spacial score (nSPS) is 21.5. The van der Waals surface area contributed by atoms with Crippen molar-refractivity contribution in [2.24, 2.45) is 5.73 Å². The van der Waals surface area contributed by atoms with Crippen LogP contribution in [0.25, 0.3) is 0 Å². The van der Waals surface area contributed by atoms with Crippen molar-refractivity contribution in [2.45, 2.75) is 44.6 Å². The summed E-state index contributed by atoms with van der Waals surface area (Å²) in [5, 5.41) is 0. The van der Waals surface area contributed by atoms with Crippen LogP contribution in [0.5, 0.6) is 0 Å². The zero-order valence-corrected chi connectivity index (χ0v) is 11.1. The summed E-state index contributed by atoms with van der Waals surface area (Å²) in [6.07, 6.45) is 9.03. The van der Waals surface area contributed by atoms with Crippen molar-refractivity contribution in [1.82, 2.24) is 4.90 Å². The number of hydrogen-bond donors (Lipinski definition) is 1. The Morgan fingerprint density at radius 1 is 1.38 bits per heavy atom. The summed E-state index contributed by atoms with van der Waals surface area (Å²) in [6.45, 7) is 1.82. The highest BCUT2D eigenvalue weighted by molar-refractivity contribution is 7.98. The molecule has 1 rings (SSSR count). The van der Waals surface area contributed by atoms with Crippen molar-refractivity contribution in [2.75, 3.05) is 25.1 Å². The van der Waals surface area contributed by atoms with E-state index in [4.69, 9.17) is 5.73 Å². The molecule has 0 aromatic heterocycles. The van der Waals surface area contributed by atoms with E-state index < -0.39 is 0 Å². The molecule has 0 aromatic carbocycles. The molecule has 1 aliphatic rings. The minimum atomic E-state index is -0.231. The van der Waals surface area contributed by atoms with Gasteiger partial charge in [0.05, 0.1) is 6.04 Å². The second kappa shape index (κ2) is 7.96. The number of hydrogen-bond acceptors (Lipinski definition) is 3. The predicted molar refractivity (Wildman–Crippen MR) is 70.6 cm³/mol. The molecular formula is C12H24N2OS. The van der Waals surface area contributed by atoms with Gasteiger partial charge in [-0.05, 0) is 37.7 Å². The largest absolute Gasteiger partial charge is 0.341 e. The van der Waals surface area contributed by atoms with Gasteiger partial charge in [0.25, 0.3) is 0 Å². The lowest BCUT2D eigenvalue weighted by atomic mass is 10.1. The van der Waals surface area contributed by atoms with Crippen LogP contribution in [-0.4, -0.2) is 41.9 Å². The zero-order valence-electron chi connectivity index (χ0n) is 10.3. The van der Waals surface area contributed by atoms with Crippen LogP contribution in [0.4, 0.5) is 0 Å². The van der Waals surface area contributed by atoms with E-state index >= 15 is 0 Å². The van der Waals surface area contributed by atoms with Gasteiger partial charge < -0.3 is 10.6 Å². The molecule has 1 atom stereocenters. The van der Waals surface area contributed by atoms with Gasteiger partial charge in [0.2, 0.25) is 5.91 Å². The summed E-state index contributed by atoms with van der Waals surface area (Å²) in [5.41, 5.74) is 5.74. The third-order valence-electron chi connectivity index (χ3n) is 3.10. The van der Waals surface area contributed by atoms with Gasteiger partial charge in [-0.1, -0.05) is 12.8 Å². The van der Waals surface area contributed by atoms with Crippen LogP contribution in [0.15, 0.2) is 0 Å². The van der Waals surface area contributed by atoms with Gasteiger partial charge in [-0.15, -0.1) is 0 Å². The molecule has 1 amide bonds. The number of rotatable bonds is 7. The minimum absolute atomic E-state index is 0.162. The summed E-state index contributed by atoms with van der Waals surface area (Å²) in [6, 6.07) is -0.231. The Morgan fingerprint density at radius 2 is 2.12 bits per heavy atom. The van der Waals surface area contributed by atoms with E-state index in [2.05, 4.69) is 6.26 Å². The minimum Gasteiger partial charge on any atom is -0.341 e. The highest BCUT2D eigenvalue weighted by atomic mass is 32.2. The first kappa shape index (κ1) is 13.8. The molecule has 2 N–H and O–H groups in total. The molecule has 1 heterocycles. The van der Waals surface area contributed by atoms with Gasteiger partial charge in [0, 0.05) is 13.1 Å². The molecule has 4 heteroatoms. The lowest BCUT2D eigenvalue weighted by molar-refractivity contribution is -0.134. The number of nitrogens with two attached hydrogens (primary N) is 1. The average Bonchev–Trinajstić information content (AvgIpc) is 2.29. The molecule has 0 radical (unpaired) electrons. The number of amides is 1. The van der Waals surface area contributed by atoms with E-state index in [-0.39, 0.29) is 11.9 Å². The Morgan fingerprint density at radius 3 is 2.88 bits per heavy atom. The second-order valence-electron chi connectivity index (χ2n) is 4.48. The maximum Gasteiger partial charge on any atom is 0.239 e. The number of carbonyl (C=O) groups is 1. The monoisotopic (exact) mass is 244 g/mol. The quantitative estimate of drug-likeness (QED) is 0.695. The summed E-state index contributed by atoms with van der Waals surface area (Å²) in [4.78, 5) is 13.6. The fraction of sp³-hybridized carbons (Fsp3) is 0.917. The molecule has 0 aromatic rings. The van der Waals surface area contributed by atoms with Crippen LogP contribution in [0.2, 0.25) is 0 Å². The van der Waals surface area contributed by atoms with Gasteiger partial charge in [-0.2, -0.15) is 11.8 Å². The Labute approximate surface area is 103 Å². The van der Waals surface area contributed by atoms with Crippen molar-refractivity contribution >= 4 is 17.7 Å². The first-order valence-corrected chi connectivity index (χ1v) is 7.68. The summed E-state index contributed by atoms with van der Waals surface area (Å²) in [7, 11) is 0. The Balaban J connectivity index is 2.05. The SMILES string of the molecule is CSCCCCCCN1CCCC(N)C1=O. The Bertz CT molecular complexity index is 211. The maximum absolute atomic E-state index is 11.7. The fourth-order valence-corrected chi connectivity index (χ4v) is 2.59. The standard InChI is InChI=1S/C12H24N2OS/c1-16-10-5-3-2-4-8-14-9-6-7-11(13)12(14)15/h11H,2-10,13H2,1H3. The van der Waals surface area contributed by atoms with E-state index in [1.807, 2.05) is 16.7 Å². The number of thioether (sulfide) groups is 1. The first-order chi connectivity index (χ1) is 7.75. The van der Waals surface area contributed by atoms with Crippen molar-refractivity contribution in [1.29, 1.82) is 0 Å². The maximum atomic E-state index is 11.7. The number of nitrogens with zero attached hydrogens (tertiary/aromatic N) is 1. The Kier molecular flexibility index (Phi) is 6.88. The van der Waals surface area contributed by atoms with Gasteiger partial charge in [0.15, 0.2) is 0 Å². The smallest absolute Gasteiger partial charge is 0.239 e. The van der Waals surface area contributed by atoms with Crippen LogP contribution in [0, 0.1) is 0 Å². The van der Waals surface area contributed by atoms with Crippen molar-refractivity contribution in [3.63, 3.8) is 0 Å². The zero-order chi connectivity index (χ0) is 11.8. The number of unbranched alkanes of at least 4 members (excludes halogenated alkanes) is 3. The van der Waals surface area contributed by atoms with E-state index in [0.29, 0.717) is 0 Å². The number of carbonyl (C=O) groups excluding carboxylic acids is 1. The van der Waals surface area contributed by atoms with Crippen LogP contribution < -0.4 is 5.73 Å². The highest BCUT2D eigenvalue weighted by Gasteiger charge is 2.24.